The van der Waals surface area contributed by atoms with Gasteiger partial charge in [-0.15, -0.1) is 0 Å². The molecule has 0 bridgehead atoms. The van der Waals surface area contributed by atoms with Gasteiger partial charge < -0.3 is 0 Å². The predicted molar refractivity (Wildman–Crippen MR) is 58.8 cm³/mol. The highest BCUT2D eigenvalue weighted by molar-refractivity contribution is 5.64. The predicted octanol–water partition coefficient (Wildman–Crippen LogP) is 3.39. The smallest absolute Gasteiger partial charge is 0.0654 e. The third-order valence-corrected chi connectivity index (χ3v) is 1.97. The van der Waals surface area contributed by atoms with E-state index in [-0.39, 0.29) is 0 Å². The number of hydrogen-bond donors (Lipinski definition) is 0. The van der Waals surface area contributed by atoms with Crippen LogP contribution in [0.1, 0.15) is 24.8 Å². The first-order valence-corrected chi connectivity index (χ1v) is 4.79. The maximum absolute atomic E-state index is 8.33. The summed E-state index contributed by atoms with van der Waals surface area (Å²) in [6.07, 6.45) is 4.27. The Morgan fingerprint density at radius 1 is 1.43 bits per heavy atom. The van der Waals surface area contributed by atoms with Crippen molar-refractivity contribution in [1.82, 2.24) is 0 Å². The molecule has 0 radical (unpaired) electrons. The number of nitriles is 1. The second-order valence-corrected chi connectivity index (χ2v) is 3.15. The molecule has 0 fully saturated rings. The molecule has 0 heterocycles. The minimum absolute atomic E-state index is 0.611. The Hall–Kier alpha value is -1.62. The van der Waals surface area contributed by atoms with E-state index >= 15 is 0 Å². The van der Waals surface area contributed by atoms with E-state index in [0.29, 0.717) is 6.42 Å². The van der Waals surface area contributed by atoms with Gasteiger partial charge in [-0.3, -0.25) is 4.99 Å². The number of rotatable bonds is 4. The van der Waals surface area contributed by atoms with Gasteiger partial charge in [0.2, 0.25) is 0 Å². The van der Waals surface area contributed by atoms with Crippen molar-refractivity contribution in [3.8, 4) is 6.07 Å². The molecule has 0 unspecified atom stereocenters. The van der Waals surface area contributed by atoms with E-state index in [4.69, 9.17) is 5.26 Å². The van der Waals surface area contributed by atoms with Crippen molar-refractivity contribution < 1.29 is 0 Å². The van der Waals surface area contributed by atoms with Crippen LogP contribution in [0.2, 0.25) is 0 Å². The normalized spacial score (nSPS) is 10.3. The summed E-state index contributed by atoms with van der Waals surface area (Å²) in [6, 6.07) is 10.1. The largest absolute Gasteiger partial charge is 0.261 e. The van der Waals surface area contributed by atoms with Crippen molar-refractivity contribution in [3.05, 3.63) is 29.8 Å². The van der Waals surface area contributed by atoms with Crippen LogP contribution < -0.4 is 0 Å². The third kappa shape index (κ3) is 3.40. The molecule has 72 valence electrons. The van der Waals surface area contributed by atoms with Crippen molar-refractivity contribution in [3.63, 3.8) is 0 Å². The van der Waals surface area contributed by atoms with Crippen molar-refractivity contribution in [1.29, 1.82) is 5.26 Å². The summed E-state index contributed by atoms with van der Waals surface area (Å²) in [5.74, 6) is 0. The quantitative estimate of drug-likeness (QED) is 0.524. The summed E-state index contributed by atoms with van der Waals surface area (Å²) in [5.41, 5.74) is 2.20. The Labute approximate surface area is 84.9 Å². The molecular weight excluding hydrogens is 172 g/mol. The summed E-state index contributed by atoms with van der Waals surface area (Å²) >= 11 is 0. The van der Waals surface area contributed by atoms with Crippen molar-refractivity contribution in [2.75, 3.05) is 0 Å². The SMILES string of the molecule is Cc1ccccc1/N=C\CCCC#N. The van der Waals surface area contributed by atoms with Crippen LogP contribution in [0.4, 0.5) is 5.69 Å². The van der Waals surface area contributed by atoms with Crippen molar-refractivity contribution in [2.45, 2.75) is 26.2 Å². The summed E-state index contributed by atoms with van der Waals surface area (Å²) in [5, 5.41) is 8.33. The van der Waals surface area contributed by atoms with Crippen LogP contribution in [-0.2, 0) is 0 Å². The first kappa shape index (κ1) is 10.5. The zero-order valence-electron chi connectivity index (χ0n) is 8.40. The number of benzene rings is 1. The van der Waals surface area contributed by atoms with Crippen LogP contribution in [0.25, 0.3) is 0 Å². The second kappa shape index (κ2) is 5.93. The monoisotopic (exact) mass is 186 g/mol. The molecule has 14 heavy (non-hydrogen) atoms. The maximum atomic E-state index is 8.33. The average molecular weight is 186 g/mol. The first-order chi connectivity index (χ1) is 6.84. The molecule has 0 atom stereocenters. The molecule has 0 aliphatic rings. The molecule has 0 saturated heterocycles. The highest BCUT2D eigenvalue weighted by Crippen LogP contribution is 2.16. The fourth-order valence-electron chi connectivity index (χ4n) is 1.14. The standard InChI is InChI=1S/C12H14N2/c1-11-7-3-4-8-12(11)14-10-6-2-5-9-13/h3-4,7-8,10H,2,5-6H2,1H3/b14-10-. The number of aryl methyl sites for hydroxylation is 1. The molecule has 1 aromatic carbocycles. The molecule has 0 amide bonds. The molecule has 0 aliphatic carbocycles. The van der Waals surface area contributed by atoms with Crippen LogP contribution in [0, 0.1) is 18.3 Å². The number of hydrogen-bond acceptors (Lipinski definition) is 2. The Kier molecular flexibility index (Phi) is 4.43. The minimum atomic E-state index is 0.611. The molecule has 2 nitrogen and oxygen atoms in total. The Morgan fingerprint density at radius 2 is 2.21 bits per heavy atom. The highest BCUT2D eigenvalue weighted by atomic mass is 14.7. The maximum Gasteiger partial charge on any atom is 0.0654 e. The van der Waals surface area contributed by atoms with E-state index in [0.717, 1.165) is 18.5 Å². The van der Waals surface area contributed by atoms with Crippen LogP contribution in [0.3, 0.4) is 0 Å². The van der Waals surface area contributed by atoms with Crippen LogP contribution in [-0.4, -0.2) is 6.21 Å². The molecule has 0 aliphatic heterocycles. The zero-order valence-corrected chi connectivity index (χ0v) is 8.40. The molecule has 1 aromatic rings. The van der Waals surface area contributed by atoms with Gasteiger partial charge in [-0.25, -0.2) is 0 Å². The van der Waals surface area contributed by atoms with Gasteiger partial charge in [0.25, 0.3) is 0 Å². The number of unbranched alkanes of at least 4 members (excludes halogenated alkanes) is 2. The van der Waals surface area contributed by atoms with E-state index in [1.54, 1.807) is 0 Å². The van der Waals surface area contributed by atoms with Gasteiger partial charge in [-0.2, -0.15) is 5.26 Å². The third-order valence-electron chi connectivity index (χ3n) is 1.97. The van der Waals surface area contributed by atoms with Crippen LogP contribution >= 0.6 is 0 Å². The molecule has 0 N–H and O–H groups in total. The lowest BCUT2D eigenvalue weighted by Crippen LogP contribution is -1.77. The lowest BCUT2D eigenvalue weighted by atomic mass is 10.2. The highest BCUT2D eigenvalue weighted by Gasteiger charge is 1.91. The van der Waals surface area contributed by atoms with Gasteiger partial charge in [0.05, 0.1) is 11.8 Å². The molecule has 0 aromatic heterocycles. The summed E-state index contributed by atoms with van der Waals surface area (Å²) in [4.78, 5) is 4.34. The van der Waals surface area contributed by atoms with E-state index in [1.165, 1.54) is 5.56 Å². The van der Waals surface area contributed by atoms with Gasteiger partial charge in [0.1, 0.15) is 0 Å². The van der Waals surface area contributed by atoms with Gasteiger partial charge in [-0.1, -0.05) is 18.2 Å². The molecule has 1 rings (SSSR count). The van der Waals surface area contributed by atoms with Gasteiger partial charge >= 0.3 is 0 Å². The summed E-state index contributed by atoms with van der Waals surface area (Å²) in [7, 11) is 0. The van der Waals surface area contributed by atoms with Gasteiger partial charge in [-0.05, 0) is 31.4 Å². The average Bonchev–Trinajstić information content (AvgIpc) is 2.20. The Balaban J connectivity index is 2.45. The van der Waals surface area contributed by atoms with E-state index in [9.17, 15) is 0 Å². The molecular formula is C12H14N2. The van der Waals surface area contributed by atoms with E-state index < -0.39 is 0 Å². The Bertz CT molecular complexity index is 348. The van der Waals surface area contributed by atoms with Crippen molar-refractivity contribution in [2.24, 2.45) is 4.99 Å². The fourth-order valence-corrected chi connectivity index (χ4v) is 1.14. The van der Waals surface area contributed by atoms with Crippen molar-refractivity contribution >= 4 is 11.9 Å². The fraction of sp³-hybridized carbons (Fsp3) is 0.333. The first-order valence-electron chi connectivity index (χ1n) is 4.79. The number of aliphatic imine (C=N–C) groups is 1. The van der Waals surface area contributed by atoms with Gasteiger partial charge in [0, 0.05) is 12.6 Å². The molecule has 0 spiro atoms. The van der Waals surface area contributed by atoms with Crippen LogP contribution in [0.15, 0.2) is 29.3 Å². The van der Waals surface area contributed by atoms with Gasteiger partial charge in [0.15, 0.2) is 0 Å². The number of nitrogens with zero attached hydrogens (tertiary/aromatic N) is 2. The van der Waals surface area contributed by atoms with Crippen LogP contribution in [0.5, 0.6) is 0 Å². The number of para-hydroxylation sites is 1. The van der Waals surface area contributed by atoms with E-state index in [2.05, 4.69) is 11.1 Å². The molecule has 2 heteroatoms. The second-order valence-electron chi connectivity index (χ2n) is 3.15. The molecule has 0 saturated carbocycles. The minimum Gasteiger partial charge on any atom is -0.261 e. The summed E-state index contributed by atoms with van der Waals surface area (Å²) in [6.45, 7) is 2.04. The van der Waals surface area contributed by atoms with E-state index in [1.807, 2.05) is 37.4 Å². The zero-order chi connectivity index (χ0) is 10.2. The lowest BCUT2D eigenvalue weighted by Gasteiger charge is -1.97. The Morgan fingerprint density at radius 3 is 2.93 bits per heavy atom. The topological polar surface area (TPSA) is 36.1 Å². The lowest BCUT2D eigenvalue weighted by molar-refractivity contribution is 0.912. The summed E-state index contributed by atoms with van der Waals surface area (Å²) < 4.78 is 0.